The van der Waals surface area contributed by atoms with Gasteiger partial charge in [-0.05, 0) is 25.9 Å². The zero-order valence-electron chi connectivity index (χ0n) is 12.8. The highest BCUT2D eigenvalue weighted by atomic mass is 32.2. The van der Waals surface area contributed by atoms with Crippen molar-refractivity contribution in [3.8, 4) is 0 Å². The van der Waals surface area contributed by atoms with Crippen LogP contribution < -0.4 is 5.32 Å². The Morgan fingerprint density at radius 1 is 1.35 bits per heavy atom. The lowest BCUT2D eigenvalue weighted by Gasteiger charge is -2.30. The molecule has 0 aromatic rings. The van der Waals surface area contributed by atoms with Crippen molar-refractivity contribution >= 4 is 15.9 Å². The minimum Gasteiger partial charge on any atom is -0.355 e. The summed E-state index contributed by atoms with van der Waals surface area (Å²) in [5.74, 6) is -0.235. The summed E-state index contributed by atoms with van der Waals surface area (Å²) in [6.45, 7) is 8.43. The van der Waals surface area contributed by atoms with Crippen LogP contribution in [0, 0.1) is 5.92 Å². The van der Waals surface area contributed by atoms with Crippen LogP contribution in [0.3, 0.4) is 0 Å². The van der Waals surface area contributed by atoms with Gasteiger partial charge < -0.3 is 10.2 Å². The second-order valence-corrected chi connectivity index (χ2v) is 7.26. The van der Waals surface area contributed by atoms with Gasteiger partial charge in [0.2, 0.25) is 15.9 Å². The topological polar surface area (TPSA) is 69.7 Å². The lowest BCUT2D eigenvalue weighted by Crippen LogP contribution is -2.46. The van der Waals surface area contributed by atoms with Crippen molar-refractivity contribution in [2.75, 3.05) is 45.5 Å². The van der Waals surface area contributed by atoms with Crippen molar-refractivity contribution < 1.29 is 13.2 Å². The van der Waals surface area contributed by atoms with Crippen molar-refractivity contribution in [3.05, 3.63) is 0 Å². The first kappa shape index (κ1) is 17.4. The fraction of sp³-hybridized carbons (Fsp3) is 0.923. The molecule has 0 aliphatic carbocycles. The third-order valence-corrected chi connectivity index (χ3v) is 5.12. The molecule has 1 aliphatic heterocycles. The predicted octanol–water partition coefficient (Wildman–Crippen LogP) is 0.116. The maximum Gasteiger partial charge on any atom is 0.224 e. The van der Waals surface area contributed by atoms with E-state index in [0.29, 0.717) is 19.6 Å². The molecule has 7 heteroatoms. The summed E-state index contributed by atoms with van der Waals surface area (Å²) < 4.78 is 24.5. The number of hydrogen-bond donors (Lipinski definition) is 1. The third kappa shape index (κ3) is 5.38. The first-order chi connectivity index (χ1) is 9.38. The van der Waals surface area contributed by atoms with Gasteiger partial charge in [0.1, 0.15) is 0 Å². The molecule has 118 valence electrons. The number of nitrogens with zero attached hydrogens (tertiary/aromatic N) is 2. The molecule has 0 saturated carbocycles. The van der Waals surface area contributed by atoms with Gasteiger partial charge in [-0.25, -0.2) is 12.7 Å². The molecule has 1 saturated heterocycles. The van der Waals surface area contributed by atoms with Crippen molar-refractivity contribution in [3.63, 3.8) is 0 Å². The molecule has 0 aromatic carbocycles. The van der Waals surface area contributed by atoms with Crippen LogP contribution in [0.1, 0.15) is 26.7 Å². The van der Waals surface area contributed by atoms with Gasteiger partial charge in [-0.2, -0.15) is 0 Å². The minimum atomic E-state index is -3.19. The molecule has 0 unspecified atom stereocenters. The highest BCUT2D eigenvalue weighted by molar-refractivity contribution is 7.88. The molecule has 20 heavy (non-hydrogen) atoms. The third-order valence-electron chi connectivity index (χ3n) is 3.85. The van der Waals surface area contributed by atoms with E-state index < -0.39 is 10.0 Å². The minimum absolute atomic E-state index is 0.0227. The number of nitrogens with one attached hydrogen (secondary N) is 1. The molecule has 1 fully saturated rings. The zero-order valence-corrected chi connectivity index (χ0v) is 13.6. The monoisotopic (exact) mass is 305 g/mol. The van der Waals surface area contributed by atoms with Gasteiger partial charge in [-0.15, -0.1) is 0 Å². The molecule has 0 radical (unpaired) electrons. The van der Waals surface area contributed by atoms with Gasteiger partial charge >= 0.3 is 0 Å². The van der Waals surface area contributed by atoms with Gasteiger partial charge in [-0.1, -0.05) is 13.8 Å². The molecule has 1 heterocycles. The quantitative estimate of drug-likeness (QED) is 0.725. The molecular formula is C13H27N3O3S. The number of carbonyl (C=O) groups is 1. The zero-order chi connectivity index (χ0) is 15.2. The van der Waals surface area contributed by atoms with Gasteiger partial charge in [0.05, 0.1) is 12.2 Å². The number of rotatable bonds is 7. The maximum atomic E-state index is 12.1. The highest BCUT2D eigenvalue weighted by Gasteiger charge is 2.29. The van der Waals surface area contributed by atoms with E-state index in [9.17, 15) is 13.2 Å². The van der Waals surface area contributed by atoms with Gasteiger partial charge in [0.25, 0.3) is 0 Å². The molecule has 0 aromatic heterocycles. The van der Waals surface area contributed by atoms with E-state index in [2.05, 4.69) is 24.1 Å². The lowest BCUT2D eigenvalue weighted by atomic mass is 9.99. The fourth-order valence-electron chi connectivity index (χ4n) is 2.48. The largest absolute Gasteiger partial charge is 0.355 e. The van der Waals surface area contributed by atoms with E-state index in [-0.39, 0.29) is 11.8 Å². The summed E-state index contributed by atoms with van der Waals surface area (Å²) >= 11 is 0. The Morgan fingerprint density at radius 3 is 2.55 bits per heavy atom. The van der Waals surface area contributed by atoms with Crippen LogP contribution in [0.4, 0.5) is 0 Å². The lowest BCUT2D eigenvalue weighted by molar-refractivity contribution is -0.126. The number of likely N-dealkylation sites (N-methyl/N-ethyl adjacent to an activating group) is 1. The van der Waals surface area contributed by atoms with E-state index in [1.54, 1.807) is 0 Å². The molecule has 6 nitrogen and oxygen atoms in total. The summed E-state index contributed by atoms with van der Waals surface area (Å²) in [6.07, 6.45) is 2.72. The number of amides is 1. The number of hydrogen-bond acceptors (Lipinski definition) is 4. The van der Waals surface area contributed by atoms with Gasteiger partial charge in [0, 0.05) is 26.2 Å². The van der Waals surface area contributed by atoms with E-state index >= 15 is 0 Å². The Bertz CT molecular complexity index is 407. The van der Waals surface area contributed by atoms with E-state index in [1.807, 2.05) is 0 Å². The van der Waals surface area contributed by atoms with Crippen molar-refractivity contribution in [2.45, 2.75) is 26.7 Å². The van der Waals surface area contributed by atoms with Gasteiger partial charge in [0.15, 0.2) is 0 Å². The first-order valence-electron chi connectivity index (χ1n) is 7.33. The molecule has 0 bridgehead atoms. The second kappa shape index (κ2) is 7.95. The standard InChI is InChI=1S/C13H27N3O3S/c1-4-15(5-2)10-8-14-13(17)12-7-6-9-16(11-12)20(3,18)19/h12H,4-11H2,1-3H3,(H,14,17)/t12-/m1/s1. The maximum absolute atomic E-state index is 12.1. The van der Waals surface area contributed by atoms with Crippen molar-refractivity contribution in [1.29, 1.82) is 0 Å². The molecule has 0 spiro atoms. The molecule has 1 N–H and O–H groups in total. The molecular weight excluding hydrogens is 278 g/mol. The van der Waals surface area contributed by atoms with Crippen LogP contribution >= 0.6 is 0 Å². The van der Waals surface area contributed by atoms with Crippen molar-refractivity contribution in [2.24, 2.45) is 5.92 Å². The van der Waals surface area contributed by atoms with E-state index in [4.69, 9.17) is 0 Å². The molecule has 1 rings (SSSR count). The Hall–Kier alpha value is -0.660. The number of piperidine rings is 1. The average molecular weight is 305 g/mol. The Balaban J connectivity index is 2.40. The summed E-state index contributed by atoms with van der Waals surface area (Å²) in [5, 5.41) is 2.92. The normalized spacial score (nSPS) is 21.1. The Morgan fingerprint density at radius 2 is 2.00 bits per heavy atom. The first-order valence-corrected chi connectivity index (χ1v) is 9.18. The van der Waals surface area contributed by atoms with E-state index in [0.717, 1.165) is 32.5 Å². The van der Waals surface area contributed by atoms with E-state index in [1.165, 1.54) is 10.6 Å². The Labute approximate surface area is 122 Å². The van der Waals surface area contributed by atoms with Crippen LogP contribution in [0.5, 0.6) is 0 Å². The number of carbonyl (C=O) groups excluding carboxylic acids is 1. The number of sulfonamides is 1. The molecule has 1 aliphatic rings. The van der Waals surface area contributed by atoms with Crippen molar-refractivity contribution in [1.82, 2.24) is 14.5 Å². The predicted molar refractivity (Wildman–Crippen MR) is 79.9 cm³/mol. The summed E-state index contributed by atoms with van der Waals surface area (Å²) in [6, 6.07) is 0. The molecule has 1 atom stereocenters. The SMILES string of the molecule is CCN(CC)CCNC(=O)[C@@H]1CCCN(S(C)(=O)=O)C1. The van der Waals surface area contributed by atoms with Crippen LogP contribution in [0.2, 0.25) is 0 Å². The van der Waals surface area contributed by atoms with Gasteiger partial charge in [-0.3, -0.25) is 4.79 Å². The van der Waals surface area contributed by atoms with Crippen LogP contribution in [-0.2, 0) is 14.8 Å². The Kier molecular flexibility index (Phi) is 6.91. The van der Waals surface area contributed by atoms with Crippen LogP contribution in [-0.4, -0.2) is 69.1 Å². The second-order valence-electron chi connectivity index (χ2n) is 5.28. The summed E-state index contributed by atoms with van der Waals surface area (Å²) in [5.41, 5.74) is 0. The summed E-state index contributed by atoms with van der Waals surface area (Å²) in [4.78, 5) is 14.3. The fourth-order valence-corrected chi connectivity index (χ4v) is 3.39. The smallest absolute Gasteiger partial charge is 0.224 e. The molecule has 1 amide bonds. The van der Waals surface area contributed by atoms with Crippen LogP contribution in [0.25, 0.3) is 0 Å². The highest BCUT2D eigenvalue weighted by Crippen LogP contribution is 2.18. The summed E-state index contributed by atoms with van der Waals surface area (Å²) in [7, 11) is -3.19. The average Bonchev–Trinajstić information content (AvgIpc) is 2.42. The van der Waals surface area contributed by atoms with Crippen LogP contribution in [0.15, 0.2) is 0 Å².